The SMILES string of the molecule is C=CCN(Cc1ccc(C)cc1)c1ccc(NC(=O)OCC)c(N)c1F. The maximum atomic E-state index is 14.8. The Morgan fingerprint density at radius 2 is 2.00 bits per heavy atom. The highest BCUT2D eigenvalue weighted by atomic mass is 19.1. The summed E-state index contributed by atoms with van der Waals surface area (Å²) < 4.78 is 19.6. The van der Waals surface area contributed by atoms with Crippen LogP contribution in [0.1, 0.15) is 18.1 Å². The Morgan fingerprint density at radius 3 is 2.62 bits per heavy atom. The highest BCUT2D eigenvalue weighted by Crippen LogP contribution is 2.31. The van der Waals surface area contributed by atoms with Gasteiger partial charge in [-0.05, 0) is 31.5 Å². The molecular weight excluding hydrogens is 333 g/mol. The molecule has 1 amide bonds. The number of carbonyl (C=O) groups is 1. The zero-order valence-corrected chi connectivity index (χ0v) is 15.1. The van der Waals surface area contributed by atoms with Crippen molar-refractivity contribution < 1.29 is 13.9 Å². The van der Waals surface area contributed by atoms with Gasteiger partial charge in [-0.15, -0.1) is 6.58 Å². The Balaban J connectivity index is 2.27. The normalized spacial score (nSPS) is 10.3. The number of hydrogen-bond donors (Lipinski definition) is 2. The van der Waals surface area contributed by atoms with Crippen molar-refractivity contribution in [1.82, 2.24) is 0 Å². The lowest BCUT2D eigenvalue weighted by Crippen LogP contribution is -2.24. The molecule has 0 spiro atoms. The van der Waals surface area contributed by atoms with E-state index in [1.807, 2.05) is 36.1 Å². The van der Waals surface area contributed by atoms with Crippen LogP contribution in [0.5, 0.6) is 0 Å². The van der Waals surface area contributed by atoms with Gasteiger partial charge in [0.25, 0.3) is 0 Å². The molecule has 26 heavy (non-hydrogen) atoms. The average molecular weight is 357 g/mol. The van der Waals surface area contributed by atoms with Crippen molar-refractivity contribution in [2.75, 3.05) is 29.1 Å². The first-order chi connectivity index (χ1) is 12.5. The van der Waals surface area contributed by atoms with E-state index in [9.17, 15) is 9.18 Å². The number of carbonyl (C=O) groups excluding carboxylic acids is 1. The van der Waals surface area contributed by atoms with Crippen LogP contribution < -0.4 is 16.0 Å². The molecule has 0 bridgehead atoms. The number of aryl methyl sites for hydroxylation is 1. The first-order valence-corrected chi connectivity index (χ1v) is 8.39. The second-order valence-electron chi connectivity index (χ2n) is 5.86. The van der Waals surface area contributed by atoms with Gasteiger partial charge < -0.3 is 15.4 Å². The van der Waals surface area contributed by atoms with Gasteiger partial charge in [0.05, 0.1) is 23.7 Å². The summed E-state index contributed by atoms with van der Waals surface area (Å²) in [6, 6.07) is 11.2. The third kappa shape index (κ3) is 4.75. The number of anilines is 3. The van der Waals surface area contributed by atoms with Gasteiger partial charge in [-0.2, -0.15) is 0 Å². The quantitative estimate of drug-likeness (QED) is 0.566. The van der Waals surface area contributed by atoms with Crippen LogP contribution >= 0.6 is 0 Å². The van der Waals surface area contributed by atoms with Gasteiger partial charge in [-0.25, -0.2) is 9.18 Å². The highest BCUT2D eigenvalue weighted by Gasteiger charge is 2.17. The number of benzene rings is 2. The van der Waals surface area contributed by atoms with Gasteiger partial charge >= 0.3 is 6.09 Å². The summed E-state index contributed by atoms with van der Waals surface area (Å²) in [6.45, 7) is 8.62. The summed E-state index contributed by atoms with van der Waals surface area (Å²) in [5.74, 6) is -0.590. The zero-order valence-electron chi connectivity index (χ0n) is 15.1. The molecule has 0 aliphatic carbocycles. The van der Waals surface area contributed by atoms with Crippen LogP contribution in [0.2, 0.25) is 0 Å². The second kappa shape index (κ2) is 8.89. The fourth-order valence-electron chi connectivity index (χ4n) is 2.53. The van der Waals surface area contributed by atoms with E-state index in [2.05, 4.69) is 11.9 Å². The predicted octanol–water partition coefficient (Wildman–Crippen LogP) is 4.48. The number of rotatable bonds is 7. The van der Waals surface area contributed by atoms with Crippen LogP contribution in [-0.2, 0) is 11.3 Å². The molecule has 2 aromatic rings. The number of halogens is 1. The van der Waals surface area contributed by atoms with Gasteiger partial charge in [0.15, 0.2) is 5.82 Å². The summed E-state index contributed by atoms with van der Waals surface area (Å²) in [6.07, 6.45) is 1.03. The monoisotopic (exact) mass is 357 g/mol. The molecule has 138 valence electrons. The Labute approximate surface area is 153 Å². The maximum Gasteiger partial charge on any atom is 0.411 e. The van der Waals surface area contributed by atoms with Crippen LogP contribution in [0.15, 0.2) is 49.1 Å². The lowest BCUT2D eigenvalue weighted by molar-refractivity contribution is 0.168. The van der Waals surface area contributed by atoms with Crippen LogP contribution in [0.3, 0.4) is 0 Å². The summed E-state index contributed by atoms with van der Waals surface area (Å²) in [5, 5.41) is 2.44. The standard InChI is InChI=1S/C20H24FN3O2/c1-4-12-24(13-15-8-6-14(3)7-9-15)17-11-10-16(19(22)18(17)21)23-20(25)26-5-2/h4,6-11H,1,5,12-13,22H2,2-3H3,(H,23,25). The number of nitrogens with one attached hydrogen (secondary N) is 1. The van der Waals surface area contributed by atoms with E-state index in [0.29, 0.717) is 18.8 Å². The second-order valence-corrected chi connectivity index (χ2v) is 5.86. The molecule has 6 heteroatoms. The van der Waals surface area contributed by atoms with Crippen LogP contribution in [0, 0.1) is 12.7 Å². The third-order valence-electron chi connectivity index (χ3n) is 3.86. The molecule has 2 rings (SSSR count). The molecule has 3 N–H and O–H groups in total. The topological polar surface area (TPSA) is 67.6 Å². The number of amides is 1. The number of nitrogens with two attached hydrogens (primary N) is 1. The van der Waals surface area contributed by atoms with Gasteiger partial charge in [-0.3, -0.25) is 5.32 Å². The summed E-state index contributed by atoms with van der Waals surface area (Å²) in [4.78, 5) is 13.4. The summed E-state index contributed by atoms with van der Waals surface area (Å²) in [7, 11) is 0. The first-order valence-electron chi connectivity index (χ1n) is 8.39. The molecule has 0 radical (unpaired) electrons. The van der Waals surface area contributed by atoms with Crippen LogP contribution in [-0.4, -0.2) is 19.2 Å². The molecule has 0 saturated carbocycles. The Kier molecular flexibility index (Phi) is 6.60. The van der Waals surface area contributed by atoms with E-state index in [1.54, 1.807) is 25.1 Å². The molecule has 0 atom stereocenters. The Hall–Kier alpha value is -3.02. The minimum absolute atomic E-state index is 0.131. The molecule has 0 saturated heterocycles. The molecule has 0 aliphatic heterocycles. The summed E-state index contributed by atoms with van der Waals surface area (Å²) in [5.41, 5.74) is 8.48. The third-order valence-corrected chi connectivity index (χ3v) is 3.86. The Bertz CT molecular complexity index is 775. The van der Waals surface area contributed by atoms with Crippen molar-refractivity contribution in [3.63, 3.8) is 0 Å². The molecular formula is C20H24FN3O2. The molecule has 0 aromatic heterocycles. The number of nitrogen functional groups attached to an aromatic ring is 1. The van der Waals surface area contributed by atoms with Gasteiger partial charge in [0.2, 0.25) is 0 Å². The zero-order chi connectivity index (χ0) is 19.1. The van der Waals surface area contributed by atoms with Crippen LogP contribution in [0.25, 0.3) is 0 Å². The summed E-state index contributed by atoms with van der Waals surface area (Å²) >= 11 is 0. The fraction of sp³-hybridized carbons (Fsp3) is 0.250. The fourth-order valence-corrected chi connectivity index (χ4v) is 2.53. The van der Waals surface area contributed by atoms with Crippen molar-refractivity contribution in [2.45, 2.75) is 20.4 Å². The predicted molar refractivity (Wildman–Crippen MR) is 104 cm³/mol. The van der Waals surface area contributed by atoms with E-state index in [1.165, 1.54) is 0 Å². The molecule has 0 fully saturated rings. The minimum Gasteiger partial charge on any atom is -0.450 e. The van der Waals surface area contributed by atoms with E-state index < -0.39 is 11.9 Å². The maximum absolute atomic E-state index is 14.8. The smallest absolute Gasteiger partial charge is 0.411 e. The lowest BCUT2D eigenvalue weighted by Gasteiger charge is -2.25. The number of ether oxygens (including phenoxy) is 1. The van der Waals surface area contributed by atoms with E-state index in [0.717, 1.165) is 11.1 Å². The van der Waals surface area contributed by atoms with E-state index >= 15 is 0 Å². The van der Waals surface area contributed by atoms with Crippen molar-refractivity contribution in [3.8, 4) is 0 Å². The highest BCUT2D eigenvalue weighted by molar-refractivity contribution is 5.90. The molecule has 0 aliphatic rings. The number of nitrogens with zero attached hydrogens (tertiary/aromatic N) is 1. The average Bonchev–Trinajstić information content (AvgIpc) is 2.61. The largest absolute Gasteiger partial charge is 0.450 e. The Morgan fingerprint density at radius 1 is 1.31 bits per heavy atom. The lowest BCUT2D eigenvalue weighted by atomic mass is 10.1. The van der Waals surface area contributed by atoms with Crippen molar-refractivity contribution in [1.29, 1.82) is 0 Å². The van der Waals surface area contributed by atoms with Crippen molar-refractivity contribution in [2.24, 2.45) is 0 Å². The molecule has 2 aromatic carbocycles. The minimum atomic E-state index is -0.672. The molecule has 5 nitrogen and oxygen atoms in total. The number of hydrogen-bond acceptors (Lipinski definition) is 4. The van der Waals surface area contributed by atoms with Gasteiger partial charge in [0.1, 0.15) is 0 Å². The molecule has 0 unspecified atom stereocenters. The van der Waals surface area contributed by atoms with Gasteiger partial charge in [0, 0.05) is 13.1 Å². The first kappa shape index (κ1) is 19.3. The van der Waals surface area contributed by atoms with Gasteiger partial charge in [-0.1, -0.05) is 35.9 Å². The van der Waals surface area contributed by atoms with E-state index in [4.69, 9.17) is 10.5 Å². The van der Waals surface area contributed by atoms with Crippen molar-refractivity contribution >= 4 is 23.2 Å². The molecule has 0 heterocycles. The van der Waals surface area contributed by atoms with Crippen molar-refractivity contribution in [3.05, 3.63) is 66.0 Å². The van der Waals surface area contributed by atoms with Crippen LogP contribution in [0.4, 0.5) is 26.2 Å². The van der Waals surface area contributed by atoms with E-state index in [-0.39, 0.29) is 18.0 Å².